The summed E-state index contributed by atoms with van der Waals surface area (Å²) in [5, 5.41) is 0.523. The van der Waals surface area contributed by atoms with Crippen LogP contribution in [0.1, 0.15) is 52.4 Å². The van der Waals surface area contributed by atoms with E-state index >= 15 is 0 Å². The summed E-state index contributed by atoms with van der Waals surface area (Å²) in [5.74, 6) is -1.95. The van der Waals surface area contributed by atoms with Crippen molar-refractivity contribution in [2.45, 2.75) is 58.5 Å². The van der Waals surface area contributed by atoms with Crippen LogP contribution in [0.3, 0.4) is 0 Å². The lowest BCUT2D eigenvalue weighted by atomic mass is 10.2. The molecule has 0 atom stereocenters. The van der Waals surface area contributed by atoms with Gasteiger partial charge in [-0.3, -0.25) is 14.4 Å². The summed E-state index contributed by atoms with van der Waals surface area (Å²) in [4.78, 5) is 49.8. The van der Waals surface area contributed by atoms with E-state index in [9.17, 15) is 19.2 Å². The van der Waals surface area contributed by atoms with Crippen LogP contribution in [0.4, 0.5) is 0 Å². The molecule has 112 valence electrons. The van der Waals surface area contributed by atoms with E-state index in [0.29, 0.717) is 17.9 Å². The predicted molar refractivity (Wildman–Crippen MR) is 66.9 cm³/mol. The lowest BCUT2D eigenvalue weighted by Crippen LogP contribution is -2.31. The summed E-state index contributed by atoms with van der Waals surface area (Å²) in [6, 6.07) is 0. The van der Waals surface area contributed by atoms with E-state index in [1.54, 1.807) is 13.8 Å². The predicted octanol–water partition coefficient (Wildman–Crippen LogP) is 1.11. The van der Waals surface area contributed by atoms with Crippen LogP contribution >= 0.6 is 0 Å². The molecular weight excluding hydrogens is 266 g/mol. The third-order valence-corrected chi connectivity index (χ3v) is 2.58. The number of hydroxylamine groups is 2. The number of esters is 1. The fourth-order valence-electron chi connectivity index (χ4n) is 1.67. The second-order valence-electron chi connectivity index (χ2n) is 4.79. The second kappa shape index (κ2) is 7.62. The zero-order valence-corrected chi connectivity index (χ0v) is 11.7. The summed E-state index contributed by atoms with van der Waals surface area (Å²) < 4.78 is 4.94. The molecule has 0 N–H and O–H groups in total. The van der Waals surface area contributed by atoms with Gasteiger partial charge in [0.1, 0.15) is 0 Å². The molecule has 0 aromatic carbocycles. The van der Waals surface area contributed by atoms with Gasteiger partial charge in [-0.2, -0.15) is 0 Å². The molecule has 1 saturated heterocycles. The Balaban J connectivity index is 2.16. The molecule has 7 nitrogen and oxygen atoms in total. The van der Waals surface area contributed by atoms with Gasteiger partial charge in [-0.05, 0) is 26.7 Å². The van der Waals surface area contributed by atoms with E-state index in [4.69, 9.17) is 4.74 Å². The van der Waals surface area contributed by atoms with Crippen LogP contribution in [-0.2, 0) is 28.8 Å². The number of imide groups is 1. The first-order valence-corrected chi connectivity index (χ1v) is 6.66. The SMILES string of the molecule is CC(C)OC(=O)CCCCC(=O)ON1C(=O)CCC1=O. The van der Waals surface area contributed by atoms with Crippen molar-refractivity contribution in [3.05, 3.63) is 0 Å². The number of rotatable bonds is 7. The van der Waals surface area contributed by atoms with Gasteiger partial charge in [0.15, 0.2) is 0 Å². The summed E-state index contributed by atoms with van der Waals surface area (Å²) in [6.45, 7) is 3.53. The van der Waals surface area contributed by atoms with Crippen LogP contribution in [-0.4, -0.2) is 34.9 Å². The van der Waals surface area contributed by atoms with Crippen LogP contribution in [0.25, 0.3) is 0 Å². The standard InChI is InChI=1S/C13H19NO6/c1-9(2)19-12(17)5-3-4-6-13(18)20-14-10(15)7-8-11(14)16/h9H,3-8H2,1-2H3. The number of hydrogen-bond donors (Lipinski definition) is 0. The van der Waals surface area contributed by atoms with Gasteiger partial charge >= 0.3 is 11.9 Å². The molecule has 0 bridgehead atoms. The minimum Gasteiger partial charge on any atom is -0.463 e. The Hall–Kier alpha value is -1.92. The molecule has 0 radical (unpaired) electrons. The number of carbonyl (C=O) groups excluding carboxylic acids is 4. The lowest BCUT2D eigenvalue weighted by Gasteiger charge is -2.12. The normalized spacial score (nSPS) is 14.8. The topological polar surface area (TPSA) is 90.0 Å². The molecule has 0 aromatic rings. The van der Waals surface area contributed by atoms with Gasteiger partial charge in [0.05, 0.1) is 6.10 Å². The van der Waals surface area contributed by atoms with Crippen LogP contribution in [0.5, 0.6) is 0 Å². The summed E-state index contributed by atoms with van der Waals surface area (Å²) in [5.41, 5.74) is 0. The minimum atomic E-state index is -0.647. The first kappa shape index (κ1) is 16.1. The van der Waals surface area contributed by atoms with Crippen molar-refractivity contribution in [1.29, 1.82) is 0 Å². The molecule has 0 aromatic heterocycles. The van der Waals surface area contributed by atoms with Crippen molar-refractivity contribution >= 4 is 23.8 Å². The monoisotopic (exact) mass is 285 g/mol. The second-order valence-corrected chi connectivity index (χ2v) is 4.79. The number of carbonyl (C=O) groups is 4. The van der Waals surface area contributed by atoms with Gasteiger partial charge < -0.3 is 9.57 Å². The molecule has 0 unspecified atom stereocenters. The van der Waals surface area contributed by atoms with Crippen molar-refractivity contribution in [2.24, 2.45) is 0 Å². The Kier molecular flexibility index (Phi) is 6.14. The quantitative estimate of drug-likeness (QED) is 0.395. The lowest BCUT2D eigenvalue weighted by molar-refractivity contribution is -0.197. The van der Waals surface area contributed by atoms with Gasteiger partial charge in [0.25, 0.3) is 11.8 Å². The third kappa shape index (κ3) is 5.38. The highest BCUT2D eigenvalue weighted by Crippen LogP contribution is 2.13. The smallest absolute Gasteiger partial charge is 0.333 e. The Morgan fingerprint density at radius 3 is 2.05 bits per heavy atom. The first-order chi connectivity index (χ1) is 9.40. The van der Waals surface area contributed by atoms with Crippen LogP contribution in [0.2, 0.25) is 0 Å². The van der Waals surface area contributed by atoms with Crippen molar-refractivity contribution in [1.82, 2.24) is 5.06 Å². The maximum Gasteiger partial charge on any atom is 0.333 e. The number of unbranched alkanes of at least 4 members (excludes halogenated alkanes) is 1. The molecule has 0 saturated carbocycles. The fraction of sp³-hybridized carbons (Fsp3) is 0.692. The number of ether oxygens (including phenoxy) is 1. The first-order valence-electron chi connectivity index (χ1n) is 6.66. The number of amides is 2. The highest BCUT2D eigenvalue weighted by molar-refractivity contribution is 6.01. The minimum absolute atomic E-state index is 0.0476. The van der Waals surface area contributed by atoms with Crippen LogP contribution < -0.4 is 0 Å². The zero-order chi connectivity index (χ0) is 15.1. The maximum atomic E-state index is 11.4. The van der Waals surface area contributed by atoms with Crippen LogP contribution in [0, 0.1) is 0 Å². The van der Waals surface area contributed by atoms with E-state index in [1.807, 2.05) is 0 Å². The van der Waals surface area contributed by atoms with Gasteiger partial charge in [0.2, 0.25) is 0 Å². The van der Waals surface area contributed by atoms with E-state index in [0.717, 1.165) is 0 Å². The van der Waals surface area contributed by atoms with E-state index < -0.39 is 17.8 Å². The highest BCUT2D eigenvalue weighted by atomic mass is 16.7. The maximum absolute atomic E-state index is 11.4. The highest BCUT2D eigenvalue weighted by Gasteiger charge is 2.32. The van der Waals surface area contributed by atoms with Crippen molar-refractivity contribution in [2.75, 3.05) is 0 Å². The molecule has 0 spiro atoms. The molecule has 20 heavy (non-hydrogen) atoms. The van der Waals surface area contributed by atoms with Gasteiger partial charge in [-0.25, -0.2) is 4.79 Å². The average Bonchev–Trinajstić information content (AvgIpc) is 2.65. The molecule has 1 rings (SSSR count). The van der Waals surface area contributed by atoms with E-state index in [1.165, 1.54) is 0 Å². The molecule has 7 heteroatoms. The van der Waals surface area contributed by atoms with E-state index in [2.05, 4.69) is 4.84 Å². The van der Waals surface area contributed by atoms with Gasteiger partial charge in [-0.15, -0.1) is 5.06 Å². The average molecular weight is 285 g/mol. The van der Waals surface area contributed by atoms with Crippen molar-refractivity contribution < 1.29 is 28.8 Å². The molecular formula is C13H19NO6. The Morgan fingerprint density at radius 2 is 1.55 bits per heavy atom. The van der Waals surface area contributed by atoms with Crippen molar-refractivity contribution in [3.8, 4) is 0 Å². The Bertz CT molecular complexity index is 388. The summed E-state index contributed by atoms with van der Waals surface area (Å²) in [6.07, 6.45) is 1.20. The van der Waals surface area contributed by atoms with E-state index in [-0.39, 0.29) is 37.8 Å². The third-order valence-electron chi connectivity index (χ3n) is 2.58. The van der Waals surface area contributed by atoms with Gasteiger partial charge in [-0.1, -0.05) is 0 Å². The zero-order valence-electron chi connectivity index (χ0n) is 11.7. The summed E-state index contributed by atoms with van der Waals surface area (Å²) >= 11 is 0. The molecule has 0 aliphatic carbocycles. The molecule has 2 amide bonds. The van der Waals surface area contributed by atoms with Gasteiger partial charge in [0, 0.05) is 25.7 Å². The number of hydrogen-bond acceptors (Lipinski definition) is 6. The molecule has 1 heterocycles. The number of nitrogens with zero attached hydrogens (tertiary/aromatic N) is 1. The fourth-order valence-corrected chi connectivity index (χ4v) is 1.67. The molecule has 1 aliphatic rings. The van der Waals surface area contributed by atoms with Crippen molar-refractivity contribution in [3.63, 3.8) is 0 Å². The summed E-state index contributed by atoms with van der Waals surface area (Å²) in [7, 11) is 0. The largest absolute Gasteiger partial charge is 0.463 e. The Morgan fingerprint density at radius 1 is 1.05 bits per heavy atom. The molecule has 1 fully saturated rings. The van der Waals surface area contributed by atoms with Crippen LogP contribution in [0.15, 0.2) is 0 Å². The Labute approximate surface area is 117 Å². The molecule has 1 aliphatic heterocycles.